The van der Waals surface area contributed by atoms with E-state index in [-0.39, 0.29) is 71.8 Å². The number of halogens is 6. The first-order valence-electron chi connectivity index (χ1n) is 51.7. The largest absolute Gasteiger partial charge is 0.295 e. The Hall–Kier alpha value is -3.24. The van der Waals surface area contributed by atoms with Gasteiger partial charge in [0.2, 0.25) is 0 Å². The van der Waals surface area contributed by atoms with Crippen LogP contribution in [0.5, 0.6) is 0 Å². The molecule has 24 rings (SSSR count). The van der Waals surface area contributed by atoms with Crippen LogP contribution in [0.2, 0.25) is 0 Å². The third-order valence-corrected chi connectivity index (χ3v) is 47.7. The van der Waals surface area contributed by atoms with Crippen molar-refractivity contribution >= 4 is 113 Å². The zero-order chi connectivity index (χ0) is 90.7. The number of rotatable bonds is 0. The molecule has 0 saturated heterocycles. The predicted octanol–water partition coefficient (Wildman–Crippen LogP) is 30.8. The molecular formula is C116H152Br2Cl4O6. The van der Waals surface area contributed by atoms with Crippen LogP contribution in [0.15, 0.2) is 152 Å². The van der Waals surface area contributed by atoms with Gasteiger partial charge in [-0.1, -0.05) is 196 Å². The van der Waals surface area contributed by atoms with Gasteiger partial charge in [-0.25, -0.2) is 0 Å². The maximum atomic E-state index is 12.1. The second-order valence-corrected chi connectivity index (χ2v) is 54.0. The van der Waals surface area contributed by atoms with Crippen LogP contribution in [0.1, 0.15) is 322 Å². The molecule has 6 nitrogen and oxygen atoms in total. The molecule has 12 saturated carbocycles. The summed E-state index contributed by atoms with van der Waals surface area (Å²) >= 11 is 34.3. The minimum atomic E-state index is -0.00678. The lowest BCUT2D eigenvalue weighted by Gasteiger charge is -2.60. The fourth-order valence-corrected chi connectivity index (χ4v) is 40.7. The molecule has 0 aromatic carbocycles. The van der Waals surface area contributed by atoms with E-state index in [0.29, 0.717) is 103 Å². The highest BCUT2D eigenvalue weighted by atomic mass is 79.9. The predicted molar refractivity (Wildman–Crippen MR) is 532 cm³/mol. The Kier molecular flexibility index (Phi) is 24.8. The lowest BCUT2D eigenvalue weighted by atomic mass is 9.45. The van der Waals surface area contributed by atoms with Crippen molar-refractivity contribution in [1.82, 2.24) is 0 Å². The Morgan fingerprint density at radius 3 is 1.25 bits per heavy atom. The molecular weight excluding hydrogens is 1790 g/mol. The molecule has 128 heavy (non-hydrogen) atoms. The van der Waals surface area contributed by atoms with Gasteiger partial charge in [-0.15, -0.1) is 34.8 Å². The molecule has 0 amide bonds. The minimum Gasteiger partial charge on any atom is -0.295 e. The van der Waals surface area contributed by atoms with Crippen molar-refractivity contribution in [1.29, 1.82) is 0 Å². The van der Waals surface area contributed by atoms with Crippen LogP contribution in [-0.2, 0) is 28.8 Å². The van der Waals surface area contributed by atoms with Crippen LogP contribution in [0, 0.1) is 177 Å². The first-order chi connectivity index (χ1) is 60.5. The van der Waals surface area contributed by atoms with Crippen LogP contribution in [0.25, 0.3) is 0 Å². The number of fused-ring (bicyclic) bond motifs is 30. The average molecular weight is 1940 g/mol. The second kappa shape index (κ2) is 33.8. The van der Waals surface area contributed by atoms with E-state index in [2.05, 4.69) is 202 Å². The van der Waals surface area contributed by atoms with Crippen molar-refractivity contribution in [2.45, 2.75) is 343 Å². The summed E-state index contributed by atoms with van der Waals surface area (Å²) in [6, 6.07) is 0. The Labute approximate surface area is 807 Å². The van der Waals surface area contributed by atoms with E-state index in [1.54, 1.807) is 11.6 Å². The van der Waals surface area contributed by atoms with Gasteiger partial charge in [0.05, 0.1) is 25.6 Å². The minimum absolute atomic E-state index is 0.00678. The lowest BCUT2D eigenvalue weighted by Crippen LogP contribution is -2.54. The summed E-state index contributed by atoms with van der Waals surface area (Å²) in [5.74, 6) is 15.7. The van der Waals surface area contributed by atoms with E-state index in [9.17, 15) is 28.8 Å². The van der Waals surface area contributed by atoms with E-state index in [1.807, 2.05) is 24.3 Å². The average Bonchev–Trinajstić information content (AvgIpc) is 1.75. The van der Waals surface area contributed by atoms with Gasteiger partial charge in [-0.05, 0) is 451 Å². The van der Waals surface area contributed by atoms with E-state index < -0.39 is 0 Å². The van der Waals surface area contributed by atoms with Crippen molar-refractivity contribution in [3.63, 3.8) is 0 Å². The van der Waals surface area contributed by atoms with Gasteiger partial charge in [-0.3, -0.25) is 28.8 Å². The molecule has 694 valence electrons. The van der Waals surface area contributed by atoms with Crippen molar-refractivity contribution < 1.29 is 28.8 Å². The molecule has 0 bridgehead atoms. The zero-order valence-corrected chi connectivity index (χ0v) is 86.3. The van der Waals surface area contributed by atoms with Gasteiger partial charge in [0, 0.05) is 42.3 Å². The fraction of sp³-hybridized carbons (Fsp3) is 0.724. The molecule has 24 aliphatic rings. The highest BCUT2D eigenvalue weighted by molar-refractivity contribution is 9.12. The van der Waals surface area contributed by atoms with Crippen LogP contribution in [0.3, 0.4) is 0 Å². The zero-order valence-electron chi connectivity index (χ0n) is 80.1. The van der Waals surface area contributed by atoms with Gasteiger partial charge in [0.25, 0.3) is 0 Å². The number of hydrogen-bond donors (Lipinski definition) is 0. The van der Waals surface area contributed by atoms with E-state index in [4.69, 9.17) is 46.4 Å². The molecule has 12 heteroatoms. The van der Waals surface area contributed by atoms with Gasteiger partial charge < -0.3 is 0 Å². The Balaban J connectivity index is 0.0000000999. The molecule has 12 fully saturated rings. The Bertz CT molecular complexity index is 4880. The van der Waals surface area contributed by atoms with Crippen LogP contribution in [-0.4, -0.2) is 55.7 Å². The summed E-state index contributed by atoms with van der Waals surface area (Å²) < 4.78 is 0.938. The first-order valence-corrected chi connectivity index (χ1v) is 55.1. The summed E-state index contributed by atoms with van der Waals surface area (Å²) in [4.78, 5) is 72.1. The molecule has 0 spiro atoms. The number of hydrogen-bond acceptors (Lipinski definition) is 6. The second-order valence-electron chi connectivity index (χ2n) is 50.1. The van der Waals surface area contributed by atoms with Crippen LogP contribution >= 0.6 is 78.3 Å². The number of Topliss-reactive ketones (excluding diaryl/α,β-unsaturated/α-hetero) is 2. The quantitative estimate of drug-likeness (QED) is 0.177. The molecule has 0 radical (unpaired) electrons. The molecule has 24 aliphatic carbocycles. The topological polar surface area (TPSA) is 102 Å². The van der Waals surface area contributed by atoms with E-state index in [1.165, 1.54) is 168 Å². The van der Waals surface area contributed by atoms with Crippen LogP contribution in [0.4, 0.5) is 0 Å². The maximum Gasteiger partial charge on any atom is 0.178 e. The van der Waals surface area contributed by atoms with Gasteiger partial charge >= 0.3 is 0 Å². The van der Waals surface area contributed by atoms with Crippen LogP contribution < -0.4 is 0 Å². The van der Waals surface area contributed by atoms with Crippen molar-refractivity contribution in [3.8, 4) is 0 Å². The first kappa shape index (κ1) is 93.8. The molecule has 35 atom stereocenters. The molecule has 0 heterocycles. The van der Waals surface area contributed by atoms with E-state index >= 15 is 0 Å². The highest BCUT2D eigenvalue weighted by Gasteiger charge is 2.65. The monoisotopic (exact) mass is 1940 g/mol. The molecule has 0 aliphatic heterocycles. The number of allylic oxidation sites excluding steroid dienone is 26. The normalized spacial score (nSPS) is 50.9. The van der Waals surface area contributed by atoms with Gasteiger partial charge in [-0.2, -0.15) is 0 Å². The molecule has 0 N–H and O–H groups in total. The van der Waals surface area contributed by atoms with Gasteiger partial charge in [0.15, 0.2) is 34.7 Å². The molecule has 18 unspecified atom stereocenters. The van der Waals surface area contributed by atoms with Crippen molar-refractivity contribution in [2.75, 3.05) is 0 Å². The van der Waals surface area contributed by atoms with Crippen molar-refractivity contribution in [3.05, 3.63) is 152 Å². The Morgan fingerprint density at radius 2 is 0.734 bits per heavy atom. The summed E-state index contributed by atoms with van der Waals surface area (Å²) in [6.45, 7) is 33.7. The smallest absolute Gasteiger partial charge is 0.178 e. The van der Waals surface area contributed by atoms with Crippen molar-refractivity contribution in [2.24, 2.45) is 177 Å². The lowest BCUT2D eigenvalue weighted by molar-refractivity contribution is -0.120. The standard InChI is InChI=1S/2C20H27ClO.2C19H25BrO.C19H23ClO.C19H25ClO/c1-12-8-16-14-10-18(21)17-9-13(22)4-7-20(17,3)15(14)5-6-19(16,2)11-12;1-12-9-13(22)10-17-18(21)11-14-15-5-4-7-19(15,2)8-6-16(14)20(12,17)3;1-18-7-3-4-14(18)13-11-17(20)16-10-12(21)5-9-19(16,2)15(13)6-8-18;1-18-9-3-4-13(18)12-5-6-15-17(20)16(21)8-11-19(15,2)14(12)7-10-18;1-18-7-3-4-14(18)13-11-17(20)16-10-12(21)5-9-19(16,2)15(13)6-8-18;1-18-9-3-4-13(18)12-5-6-15-17(20)16(21)8-11-19(15,2)14(12)7-10-18/h9,11,14-16,18H,4-8,10H2,1-3H3;4,7,10,12,14-16,18H,5-6,8-9,11H2,1-3H3;3,7,10,13-15,17H,4-6,8-9,11H2,1-2H3;3,9,12-14H,4-8,10-11H2,1-2H3;3,5,7,9-10,13-15,17H,4,6,8,11H2,1-2H3;3,9,12-14H,4-8,10-11H2,1-2H3/t14?,15?,16?,18-,19-,20-;12-,14?,15?,16?,18-,19+,20-;13?,14?,15?,17-,18+,19-;12?,13?,14?,18-,19+;13?,14?,15?,17-,18+,19-;12?,13?,14?,18-,19+/m111010/s1. The fourth-order valence-electron chi connectivity index (χ4n) is 36.8. The summed E-state index contributed by atoms with van der Waals surface area (Å²) in [5, 5.41) is 0.743. The number of ketones is 6. The number of carbonyl (C=O) groups is 6. The molecule has 0 aromatic rings. The van der Waals surface area contributed by atoms with E-state index in [0.717, 1.165) is 158 Å². The molecule has 0 aromatic heterocycles. The third-order valence-electron chi connectivity index (χ3n) is 44.2. The van der Waals surface area contributed by atoms with Gasteiger partial charge in [0.1, 0.15) is 0 Å². The Morgan fingerprint density at radius 1 is 0.352 bits per heavy atom. The number of carbonyl (C=O) groups excluding carboxylic acids is 6. The third kappa shape index (κ3) is 15.1. The highest BCUT2D eigenvalue weighted by Crippen LogP contribution is 2.73. The maximum absolute atomic E-state index is 12.1. The summed E-state index contributed by atoms with van der Waals surface area (Å²) in [7, 11) is 0. The summed E-state index contributed by atoms with van der Waals surface area (Å²) in [6.07, 6.45) is 78.6. The summed E-state index contributed by atoms with van der Waals surface area (Å²) in [5.41, 5.74) is 13.0. The number of alkyl halides is 4. The SMILES string of the molecule is CC1=C[C@@]2(C)CCC3C(C[C@@H](Cl)C4=CC(=O)CC[C@@]43C)C2C1.C[C@@H]1CC(=O)C=C2[C@H](Cl)CC3C4CC=C[C@@]4(C)CCC3[C@]21C.C[C@@]12C=CCC1C1CCC3=C(Br)C(=O)CC[C@]3(C)C1CC2.C[C@@]12C=CCC1C1CCC3=C(Cl)C(=O)CC[C@]3(C)C1CC2.C[C@@]12C=CCC1C1C[C@@H](Br)C3=CC(=O)CC[C@]3(C)C1CC2.C[C@@]12C=CCC1C1C[C@@H](Cl)C3=CC(=O)C=C[C@]3(C)C1CC2.